The minimum atomic E-state index is 0.126. The molecule has 0 amide bonds. The van der Waals surface area contributed by atoms with Crippen LogP contribution in [0.3, 0.4) is 0 Å². The predicted molar refractivity (Wildman–Crippen MR) is 79.6 cm³/mol. The standard InChI is InChI=1S/C16H17N3O/c1-2-6-19-8-12-16-13(9-19)18-11-5-3-4-10(15(11)16)14(20)7-17-12/h3-5,18H,2,6-9H2,1H3. The summed E-state index contributed by atoms with van der Waals surface area (Å²) in [7, 11) is 0. The van der Waals surface area contributed by atoms with Crippen LogP contribution in [0, 0.1) is 0 Å². The largest absolute Gasteiger partial charge is 0.357 e. The first-order valence-electron chi connectivity index (χ1n) is 7.20. The van der Waals surface area contributed by atoms with Gasteiger partial charge in [0.15, 0.2) is 5.78 Å². The van der Waals surface area contributed by atoms with Crippen LogP contribution in [0.15, 0.2) is 23.2 Å². The van der Waals surface area contributed by atoms with Crippen LogP contribution in [0.25, 0.3) is 10.9 Å². The normalized spacial score (nSPS) is 18.2. The SMILES string of the molecule is CCCN1CC2=NCC(=O)c3cccc4[nH]c(c2c34)C1. The van der Waals surface area contributed by atoms with Gasteiger partial charge in [-0.3, -0.25) is 14.7 Å². The number of aromatic nitrogens is 1. The van der Waals surface area contributed by atoms with Gasteiger partial charge in [-0.05, 0) is 19.0 Å². The number of hydrogen-bond donors (Lipinski definition) is 1. The number of Topliss-reactive ketones (excluding diaryl/α,β-unsaturated/α-hetero) is 1. The van der Waals surface area contributed by atoms with E-state index < -0.39 is 0 Å². The Morgan fingerprint density at radius 3 is 3.10 bits per heavy atom. The molecule has 2 aliphatic heterocycles. The summed E-state index contributed by atoms with van der Waals surface area (Å²) in [5.41, 5.74) is 5.36. The number of nitrogens with one attached hydrogen (secondary N) is 1. The van der Waals surface area contributed by atoms with E-state index in [-0.39, 0.29) is 12.3 Å². The molecule has 0 unspecified atom stereocenters. The van der Waals surface area contributed by atoms with Crippen molar-refractivity contribution in [3.05, 3.63) is 35.0 Å². The summed E-state index contributed by atoms with van der Waals surface area (Å²) in [6.45, 7) is 5.31. The fraction of sp³-hybridized carbons (Fsp3) is 0.375. The van der Waals surface area contributed by atoms with Crippen molar-refractivity contribution in [1.82, 2.24) is 9.88 Å². The van der Waals surface area contributed by atoms with Crippen LogP contribution < -0.4 is 0 Å². The molecule has 4 heteroatoms. The van der Waals surface area contributed by atoms with E-state index in [1.165, 1.54) is 11.3 Å². The molecule has 0 spiro atoms. The van der Waals surface area contributed by atoms with Crippen molar-refractivity contribution in [2.75, 3.05) is 19.6 Å². The zero-order valence-electron chi connectivity index (χ0n) is 11.6. The van der Waals surface area contributed by atoms with Gasteiger partial charge in [-0.2, -0.15) is 0 Å². The smallest absolute Gasteiger partial charge is 0.184 e. The lowest BCUT2D eigenvalue weighted by Crippen LogP contribution is -2.35. The highest BCUT2D eigenvalue weighted by Gasteiger charge is 2.29. The lowest BCUT2D eigenvalue weighted by molar-refractivity contribution is 0.100. The van der Waals surface area contributed by atoms with Gasteiger partial charge in [0.05, 0.1) is 5.71 Å². The molecular formula is C16H17N3O. The molecule has 0 aliphatic carbocycles. The minimum Gasteiger partial charge on any atom is -0.357 e. The number of H-pyrrole nitrogens is 1. The second kappa shape index (κ2) is 4.28. The van der Waals surface area contributed by atoms with Crippen LogP contribution in [0.4, 0.5) is 0 Å². The Morgan fingerprint density at radius 2 is 2.25 bits per heavy atom. The average Bonchev–Trinajstić information content (AvgIpc) is 2.75. The maximum atomic E-state index is 12.3. The summed E-state index contributed by atoms with van der Waals surface area (Å²) in [5.74, 6) is 0.126. The van der Waals surface area contributed by atoms with Gasteiger partial charge in [0.2, 0.25) is 0 Å². The first kappa shape index (κ1) is 11.9. The average molecular weight is 267 g/mol. The van der Waals surface area contributed by atoms with Crippen molar-refractivity contribution in [3.63, 3.8) is 0 Å². The van der Waals surface area contributed by atoms with E-state index >= 15 is 0 Å². The zero-order chi connectivity index (χ0) is 13.7. The zero-order valence-corrected chi connectivity index (χ0v) is 11.6. The number of nitrogens with zero attached hydrogens (tertiary/aromatic N) is 2. The lowest BCUT2D eigenvalue weighted by Gasteiger charge is -2.27. The summed E-state index contributed by atoms with van der Waals surface area (Å²) < 4.78 is 0. The van der Waals surface area contributed by atoms with Gasteiger partial charge in [0.25, 0.3) is 0 Å². The van der Waals surface area contributed by atoms with Gasteiger partial charge in [-0.25, -0.2) is 0 Å². The van der Waals surface area contributed by atoms with Gasteiger partial charge in [0, 0.05) is 40.8 Å². The molecule has 0 fully saturated rings. The van der Waals surface area contributed by atoms with Gasteiger partial charge in [-0.1, -0.05) is 19.1 Å². The highest BCUT2D eigenvalue weighted by atomic mass is 16.1. The Bertz CT molecular complexity index is 742. The monoisotopic (exact) mass is 267 g/mol. The van der Waals surface area contributed by atoms with E-state index in [0.717, 1.165) is 48.2 Å². The van der Waals surface area contributed by atoms with Crippen LogP contribution >= 0.6 is 0 Å². The molecule has 0 saturated carbocycles. The summed E-state index contributed by atoms with van der Waals surface area (Å²) in [5, 5.41) is 1.08. The van der Waals surface area contributed by atoms with Gasteiger partial charge in [0.1, 0.15) is 6.54 Å². The maximum Gasteiger partial charge on any atom is 0.184 e. The van der Waals surface area contributed by atoms with Crippen molar-refractivity contribution in [2.24, 2.45) is 4.99 Å². The second-order valence-electron chi connectivity index (χ2n) is 5.60. The fourth-order valence-corrected chi connectivity index (χ4v) is 3.40. The van der Waals surface area contributed by atoms with Crippen molar-refractivity contribution in [3.8, 4) is 0 Å². The second-order valence-corrected chi connectivity index (χ2v) is 5.60. The summed E-state index contributed by atoms with van der Waals surface area (Å²) in [6, 6.07) is 5.93. The number of carbonyl (C=O) groups excluding carboxylic acids is 1. The highest BCUT2D eigenvalue weighted by molar-refractivity contribution is 6.22. The van der Waals surface area contributed by atoms with E-state index in [2.05, 4.69) is 27.9 Å². The van der Waals surface area contributed by atoms with E-state index in [1.807, 2.05) is 12.1 Å². The van der Waals surface area contributed by atoms with E-state index in [4.69, 9.17) is 0 Å². The highest BCUT2D eigenvalue weighted by Crippen LogP contribution is 2.32. The minimum absolute atomic E-state index is 0.126. The van der Waals surface area contributed by atoms with Gasteiger partial charge < -0.3 is 4.98 Å². The molecule has 0 atom stereocenters. The molecule has 0 bridgehead atoms. The topological polar surface area (TPSA) is 48.5 Å². The Balaban J connectivity index is 1.98. The Morgan fingerprint density at radius 1 is 1.35 bits per heavy atom. The van der Waals surface area contributed by atoms with E-state index in [9.17, 15) is 4.79 Å². The maximum absolute atomic E-state index is 12.3. The molecular weight excluding hydrogens is 250 g/mol. The molecule has 0 radical (unpaired) electrons. The van der Waals surface area contributed by atoms with E-state index in [1.54, 1.807) is 0 Å². The Hall–Kier alpha value is -1.94. The van der Waals surface area contributed by atoms with Crippen LogP contribution in [0.1, 0.15) is 35.0 Å². The molecule has 2 aliphatic rings. The third kappa shape index (κ3) is 1.58. The molecule has 102 valence electrons. The van der Waals surface area contributed by atoms with Crippen molar-refractivity contribution >= 4 is 22.4 Å². The van der Waals surface area contributed by atoms with Crippen molar-refractivity contribution < 1.29 is 4.79 Å². The van der Waals surface area contributed by atoms with Crippen LogP contribution in [0.5, 0.6) is 0 Å². The first-order chi connectivity index (χ1) is 9.78. The molecule has 20 heavy (non-hydrogen) atoms. The summed E-state index contributed by atoms with van der Waals surface area (Å²) in [4.78, 5) is 22.7. The number of aromatic amines is 1. The molecule has 1 aromatic heterocycles. The molecule has 1 aromatic carbocycles. The Labute approximate surface area is 117 Å². The van der Waals surface area contributed by atoms with E-state index in [0.29, 0.717) is 0 Å². The number of carbonyl (C=O) groups is 1. The number of hydrogen-bond acceptors (Lipinski definition) is 3. The molecule has 4 nitrogen and oxygen atoms in total. The number of aliphatic imine (C=N–C) groups is 1. The quantitative estimate of drug-likeness (QED) is 0.908. The van der Waals surface area contributed by atoms with Crippen molar-refractivity contribution in [1.29, 1.82) is 0 Å². The molecule has 3 heterocycles. The third-order valence-electron chi connectivity index (χ3n) is 4.20. The molecule has 2 aromatic rings. The third-order valence-corrected chi connectivity index (χ3v) is 4.20. The van der Waals surface area contributed by atoms with Crippen molar-refractivity contribution in [2.45, 2.75) is 19.9 Å². The fourth-order valence-electron chi connectivity index (χ4n) is 3.40. The molecule has 1 N–H and O–H groups in total. The first-order valence-corrected chi connectivity index (χ1v) is 7.20. The Kier molecular flexibility index (Phi) is 2.54. The lowest BCUT2D eigenvalue weighted by atomic mass is 9.97. The van der Waals surface area contributed by atoms with Crippen LogP contribution in [0.2, 0.25) is 0 Å². The number of benzene rings is 1. The predicted octanol–water partition coefficient (Wildman–Crippen LogP) is 2.38. The number of ketones is 1. The summed E-state index contributed by atoms with van der Waals surface area (Å²) in [6.07, 6.45) is 1.13. The van der Waals surface area contributed by atoms with Gasteiger partial charge >= 0.3 is 0 Å². The molecule has 0 saturated heterocycles. The van der Waals surface area contributed by atoms with Crippen LogP contribution in [-0.2, 0) is 6.54 Å². The van der Waals surface area contributed by atoms with Crippen LogP contribution in [-0.4, -0.2) is 41.0 Å². The number of rotatable bonds is 2. The molecule has 4 rings (SSSR count). The summed E-state index contributed by atoms with van der Waals surface area (Å²) >= 11 is 0. The van der Waals surface area contributed by atoms with Gasteiger partial charge in [-0.15, -0.1) is 0 Å².